The summed E-state index contributed by atoms with van der Waals surface area (Å²) in [5.74, 6) is 0.537. The number of aromatic nitrogens is 1. The first-order chi connectivity index (χ1) is 15.5. The number of carbonyl (C=O) groups excluding carboxylic acids is 1. The van der Waals surface area contributed by atoms with E-state index in [2.05, 4.69) is 21.9 Å². The highest BCUT2D eigenvalue weighted by atomic mass is 32.2. The largest absolute Gasteiger partial charge is 0.494 e. The molecule has 7 nitrogen and oxygen atoms in total. The molecule has 0 atom stereocenters. The monoisotopic (exact) mass is 473 g/mol. The molecule has 0 aliphatic heterocycles. The molecular formula is C23H27N3O4S2. The predicted molar refractivity (Wildman–Crippen MR) is 128 cm³/mol. The number of unbranched alkanes of at least 4 members (excludes halogenated alkanes) is 3. The lowest BCUT2D eigenvalue weighted by Gasteiger charge is -2.08. The van der Waals surface area contributed by atoms with E-state index in [0.29, 0.717) is 18.0 Å². The van der Waals surface area contributed by atoms with Gasteiger partial charge in [0.15, 0.2) is 5.13 Å². The maximum atomic E-state index is 12.4. The van der Waals surface area contributed by atoms with E-state index >= 15 is 0 Å². The predicted octanol–water partition coefficient (Wildman–Crippen LogP) is 5.08. The highest BCUT2D eigenvalue weighted by Crippen LogP contribution is 2.21. The first-order valence-electron chi connectivity index (χ1n) is 10.5. The maximum Gasteiger partial charge on any atom is 0.263 e. The van der Waals surface area contributed by atoms with Gasteiger partial charge in [0.25, 0.3) is 10.0 Å². The van der Waals surface area contributed by atoms with Crippen molar-refractivity contribution in [2.75, 3.05) is 16.6 Å². The Morgan fingerprint density at radius 1 is 1.03 bits per heavy atom. The van der Waals surface area contributed by atoms with E-state index < -0.39 is 10.0 Å². The SMILES string of the molecule is CCCCCCOc1ccc(NC(=O)Cc2csc(NS(=O)(=O)c3ccccc3)n2)cc1. The Kier molecular flexibility index (Phi) is 8.64. The van der Waals surface area contributed by atoms with E-state index in [-0.39, 0.29) is 22.4 Å². The number of hydrogen-bond acceptors (Lipinski definition) is 6. The smallest absolute Gasteiger partial charge is 0.263 e. The molecule has 32 heavy (non-hydrogen) atoms. The van der Waals surface area contributed by atoms with Crippen LogP contribution in [0.15, 0.2) is 64.9 Å². The van der Waals surface area contributed by atoms with Gasteiger partial charge in [0.1, 0.15) is 5.75 Å². The molecule has 0 spiro atoms. The van der Waals surface area contributed by atoms with Gasteiger partial charge in [-0.05, 0) is 42.8 Å². The molecule has 0 fully saturated rings. The van der Waals surface area contributed by atoms with Crippen LogP contribution in [0.3, 0.4) is 0 Å². The number of ether oxygens (including phenoxy) is 1. The average Bonchev–Trinajstić information content (AvgIpc) is 3.21. The van der Waals surface area contributed by atoms with Gasteiger partial charge in [-0.25, -0.2) is 13.4 Å². The van der Waals surface area contributed by atoms with E-state index in [9.17, 15) is 13.2 Å². The summed E-state index contributed by atoms with van der Waals surface area (Å²) in [6, 6.07) is 15.3. The van der Waals surface area contributed by atoms with Gasteiger partial charge in [0.05, 0.1) is 23.6 Å². The van der Waals surface area contributed by atoms with Crippen LogP contribution in [0.5, 0.6) is 5.75 Å². The van der Waals surface area contributed by atoms with Gasteiger partial charge in [-0.2, -0.15) is 0 Å². The molecule has 0 saturated carbocycles. The summed E-state index contributed by atoms with van der Waals surface area (Å²) in [6.07, 6.45) is 4.65. The second-order valence-corrected chi connectivity index (χ2v) is 9.76. The Morgan fingerprint density at radius 2 is 1.78 bits per heavy atom. The molecule has 0 saturated heterocycles. The van der Waals surface area contributed by atoms with Crippen LogP contribution >= 0.6 is 11.3 Å². The Morgan fingerprint density at radius 3 is 2.50 bits per heavy atom. The van der Waals surface area contributed by atoms with E-state index in [4.69, 9.17) is 4.74 Å². The number of rotatable bonds is 12. The van der Waals surface area contributed by atoms with Crippen molar-refractivity contribution < 1.29 is 17.9 Å². The molecule has 1 aromatic heterocycles. The summed E-state index contributed by atoms with van der Waals surface area (Å²) in [7, 11) is -3.71. The van der Waals surface area contributed by atoms with Crippen LogP contribution in [0.4, 0.5) is 10.8 Å². The molecule has 0 unspecified atom stereocenters. The van der Waals surface area contributed by atoms with Gasteiger partial charge < -0.3 is 10.1 Å². The van der Waals surface area contributed by atoms with E-state index in [0.717, 1.165) is 29.9 Å². The van der Waals surface area contributed by atoms with Gasteiger partial charge in [-0.1, -0.05) is 44.4 Å². The summed E-state index contributed by atoms with van der Waals surface area (Å²) in [5.41, 5.74) is 1.15. The third-order valence-electron chi connectivity index (χ3n) is 4.57. The zero-order valence-corrected chi connectivity index (χ0v) is 19.5. The third-order valence-corrected chi connectivity index (χ3v) is 6.86. The van der Waals surface area contributed by atoms with Crippen LogP contribution in [-0.4, -0.2) is 25.9 Å². The first kappa shape index (κ1) is 23.7. The number of hydrogen-bond donors (Lipinski definition) is 2. The Hall–Kier alpha value is -2.91. The van der Waals surface area contributed by atoms with Crippen molar-refractivity contribution in [2.45, 2.75) is 43.9 Å². The molecule has 0 aliphatic rings. The molecule has 3 aromatic rings. The van der Waals surface area contributed by atoms with Crippen molar-refractivity contribution in [1.82, 2.24) is 4.98 Å². The number of benzene rings is 2. The maximum absolute atomic E-state index is 12.4. The zero-order valence-electron chi connectivity index (χ0n) is 17.9. The number of nitrogens with zero attached hydrogens (tertiary/aromatic N) is 1. The fourth-order valence-corrected chi connectivity index (χ4v) is 4.92. The van der Waals surface area contributed by atoms with Crippen LogP contribution in [0, 0.1) is 0 Å². The number of sulfonamides is 1. The minimum atomic E-state index is -3.71. The normalized spacial score (nSPS) is 11.2. The fourth-order valence-electron chi connectivity index (χ4n) is 2.93. The van der Waals surface area contributed by atoms with E-state index in [1.54, 1.807) is 35.7 Å². The Labute approximate surface area is 192 Å². The van der Waals surface area contributed by atoms with Crippen molar-refractivity contribution in [2.24, 2.45) is 0 Å². The Balaban J connectivity index is 1.48. The van der Waals surface area contributed by atoms with E-state index in [1.165, 1.54) is 25.0 Å². The number of carbonyl (C=O) groups is 1. The number of anilines is 2. The molecule has 3 rings (SSSR count). The first-order valence-corrected chi connectivity index (χ1v) is 12.9. The van der Waals surface area contributed by atoms with E-state index in [1.807, 2.05) is 12.1 Å². The topological polar surface area (TPSA) is 97.4 Å². The average molecular weight is 474 g/mol. The van der Waals surface area contributed by atoms with Gasteiger partial charge in [-0.15, -0.1) is 11.3 Å². The van der Waals surface area contributed by atoms with Crippen molar-refractivity contribution in [1.29, 1.82) is 0 Å². The molecule has 0 bridgehead atoms. The van der Waals surface area contributed by atoms with Gasteiger partial charge in [0.2, 0.25) is 5.91 Å². The second kappa shape index (κ2) is 11.6. The zero-order chi connectivity index (χ0) is 22.8. The highest BCUT2D eigenvalue weighted by Gasteiger charge is 2.16. The minimum absolute atomic E-state index is 0.0409. The van der Waals surface area contributed by atoms with Crippen LogP contribution in [0.1, 0.15) is 38.3 Å². The van der Waals surface area contributed by atoms with Crippen LogP contribution in [-0.2, 0) is 21.2 Å². The molecule has 9 heteroatoms. The fraction of sp³-hybridized carbons (Fsp3) is 0.304. The van der Waals surface area contributed by atoms with Crippen molar-refractivity contribution in [3.63, 3.8) is 0 Å². The third kappa shape index (κ3) is 7.35. The standard InChI is InChI=1S/C23H27N3O4S2/c1-2-3-4-8-15-30-20-13-11-18(12-14-20)24-22(27)16-19-17-31-23(25-19)26-32(28,29)21-9-6-5-7-10-21/h5-7,9-14,17H,2-4,8,15-16H2,1H3,(H,24,27)(H,25,26). The molecule has 1 amide bonds. The van der Waals surface area contributed by atoms with Crippen LogP contribution in [0.25, 0.3) is 0 Å². The van der Waals surface area contributed by atoms with Crippen LogP contribution < -0.4 is 14.8 Å². The van der Waals surface area contributed by atoms with Gasteiger partial charge in [0, 0.05) is 11.1 Å². The van der Waals surface area contributed by atoms with Crippen molar-refractivity contribution >= 4 is 38.1 Å². The summed E-state index contributed by atoms with van der Waals surface area (Å²) >= 11 is 1.14. The highest BCUT2D eigenvalue weighted by molar-refractivity contribution is 7.93. The molecule has 1 heterocycles. The number of thiazole rings is 1. The van der Waals surface area contributed by atoms with Crippen molar-refractivity contribution in [3.05, 3.63) is 65.7 Å². The molecule has 170 valence electrons. The minimum Gasteiger partial charge on any atom is -0.494 e. The molecular weight excluding hydrogens is 446 g/mol. The van der Waals surface area contributed by atoms with Gasteiger partial charge >= 0.3 is 0 Å². The lowest BCUT2D eigenvalue weighted by atomic mass is 10.2. The number of amides is 1. The number of nitrogens with one attached hydrogen (secondary N) is 2. The molecule has 2 N–H and O–H groups in total. The van der Waals surface area contributed by atoms with Crippen LogP contribution in [0.2, 0.25) is 0 Å². The molecule has 2 aromatic carbocycles. The second-order valence-electron chi connectivity index (χ2n) is 7.22. The molecule has 0 radical (unpaired) electrons. The quantitative estimate of drug-likeness (QED) is 0.357. The van der Waals surface area contributed by atoms with Gasteiger partial charge in [-0.3, -0.25) is 9.52 Å². The van der Waals surface area contributed by atoms with Crippen molar-refractivity contribution in [3.8, 4) is 5.75 Å². The summed E-state index contributed by atoms with van der Waals surface area (Å²) in [4.78, 5) is 16.7. The lowest BCUT2D eigenvalue weighted by Crippen LogP contribution is -2.15. The summed E-state index contributed by atoms with van der Waals surface area (Å²) in [6.45, 7) is 2.86. The Bertz CT molecular complexity index is 1100. The summed E-state index contributed by atoms with van der Waals surface area (Å²) < 4.78 is 32.9. The summed E-state index contributed by atoms with van der Waals surface area (Å²) in [5, 5.41) is 4.70. The lowest BCUT2D eigenvalue weighted by molar-refractivity contribution is -0.115. The molecule has 0 aliphatic carbocycles.